The van der Waals surface area contributed by atoms with Crippen LogP contribution in [0.4, 0.5) is 0 Å². The van der Waals surface area contributed by atoms with Crippen LogP contribution in [0.25, 0.3) is 0 Å². The number of aliphatic hydroxyl groups excluding tert-OH is 1. The molecule has 0 aliphatic carbocycles. The van der Waals surface area contributed by atoms with Gasteiger partial charge in [0.1, 0.15) is 5.25 Å². The third-order valence-electron chi connectivity index (χ3n) is 1.65. The molecule has 12 heavy (non-hydrogen) atoms. The molecule has 0 aromatic heterocycles. The summed E-state index contributed by atoms with van der Waals surface area (Å²) < 4.78 is 50.9. The van der Waals surface area contributed by atoms with Crippen LogP contribution in [0.3, 0.4) is 0 Å². The monoisotopic (exact) mass is 216 g/mol. The number of sulfone groups is 1. The lowest BCUT2D eigenvalue weighted by molar-refractivity contribution is 0.200. The Morgan fingerprint density at radius 3 is 1.92 bits per heavy atom. The van der Waals surface area contributed by atoms with Crippen molar-refractivity contribution < 1.29 is 26.5 Å². The van der Waals surface area contributed by atoms with Crippen LogP contribution in [0, 0.1) is 0 Å². The van der Waals surface area contributed by atoms with Gasteiger partial charge in [-0.2, -0.15) is 8.42 Å². The Morgan fingerprint density at radius 1 is 1.25 bits per heavy atom. The van der Waals surface area contributed by atoms with E-state index in [4.69, 9.17) is 9.66 Å². The Balaban J connectivity index is 3.01. The summed E-state index contributed by atoms with van der Waals surface area (Å²) >= 11 is 0. The first-order valence-corrected chi connectivity index (χ1v) is 6.39. The quantitative estimate of drug-likeness (QED) is 0.492. The molecule has 1 aliphatic heterocycles. The molecule has 1 heterocycles. The molecule has 0 radical (unpaired) electrons. The van der Waals surface area contributed by atoms with Crippen LogP contribution in [-0.2, 0) is 20.0 Å². The minimum atomic E-state index is -4.45. The van der Waals surface area contributed by atoms with Crippen LogP contribution in [0.15, 0.2) is 0 Å². The summed E-state index contributed by atoms with van der Waals surface area (Å²) in [6.07, 6.45) is -1.51. The average Bonchev–Trinajstić information content (AvgIpc) is 2.03. The summed E-state index contributed by atoms with van der Waals surface area (Å²) in [5.74, 6) is -1.30. The molecule has 0 amide bonds. The number of aliphatic hydroxyl groups is 1. The van der Waals surface area contributed by atoms with E-state index < -0.39 is 42.8 Å². The molecule has 1 fully saturated rings. The van der Waals surface area contributed by atoms with Crippen molar-refractivity contribution in [3.63, 3.8) is 0 Å². The van der Waals surface area contributed by atoms with Gasteiger partial charge in [0.15, 0.2) is 9.84 Å². The van der Waals surface area contributed by atoms with E-state index in [9.17, 15) is 16.8 Å². The number of rotatable bonds is 1. The summed E-state index contributed by atoms with van der Waals surface area (Å²) in [7, 11) is -7.97. The van der Waals surface area contributed by atoms with Crippen molar-refractivity contribution in [2.45, 2.75) is 11.4 Å². The van der Waals surface area contributed by atoms with Crippen molar-refractivity contribution in [1.29, 1.82) is 0 Å². The van der Waals surface area contributed by atoms with Gasteiger partial charge in [0.05, 0.1) is 17.6 Å². The van der Waals surface area contributed by atoms with Gasteiger partial charge in [0.2, 0.25) is 0 Å². The van der Waals surface area contributed by atoms with Crippen molar-refractivity contribution in [2.75, 3.05) is 11.5 Å². The molecule has 0 unspecified atom stereocenters. The SMILES string of the molecule is O=S1(=O)C[C@H](O)[C@@H](S(=O)(=O)O)C1. The molecule has 2 N–H and O–H groups in total. The van der Waals surface area contributed by atoms with Gasteiger partial charge in [-0.15, -0.1) is 0 Å². The van der Waals surface area contributed by atoms with Gasteiger partial charge in [-0.1, -0.05) is 0 Å². The van der Waals surface area contributed by atoms with Crippen LogP contribution >= 0.6 is 0 Å². The lowest BCUT2D eigenvalue weighted by Gasteiger charge is -2.06. The van der Waals surface area contributed by atoms with Crippen molar-refractivity contribution >= 4 is 20.0 Å². The number of hydrogen-bond acceptors (Lipinski definition) is 5. The molecule has 8 heteroatoms. The molecule has 1 rings (SSSR count). The molecule has 0 aromatic rings. The fraction of sp³-hybridized carbons (Fsp3) is 1.00. The van der Waals surface area contributed by atoms with E-state index in [-0.39, 0.29) is 0 Å². The highest BCUT2D eigenvalue weighted by Crippen LogP contribution is 2.18. The Kier molecular flexibility index (Phi) is 2.19. The second kappa shape index (κ2) is 2.66. The maximum absolute atomic E-state index is 10.8. The lowest BCUT2D eigenvalue weighted by Crippen LogP contribution is -2.32. The summed E-state index contributed by atoms with van der Waals surface area (Å²) in [5.41, 5.74) is 0. The normalized spacial score (nSPS) is 35.2. The Hall–Kier alpha value is -0.180. The topological polar surface area (TPSA) is 109 Å². The molecule has 0 aromatic carbocycles. The fourth-order valence-electron chi connectivity index (χ4n) is 1.08. The molecule has 1 saturated heterocycles. The zero-order valence-corrected chi connectivity index (χ0v) is 7.55. The van der Waals surface area contributed by atoms with Gasteiger partial charge in [0, 0.05) is 0 Å². The lowest BCUT2D eigenvalue weighted by atomic mass is 10.3. The Labute approximate surface area is 69.9 Å². The van der Waals surface area contributed by atoms with Crippen LogP contribution in [0.5, 0.6) is 0 Å². The maximum Gasteiger partial charge on any atom is 0.271 e. The van der Waals surface area contributed by atoms with E-state index in [1.807, 2.05) is 0 Å². The summed E-state index contributed by atoms with van der Waals surface area (Å²) in [6.45, 7) is 0. The van der Waals surface area contributed by atoms with Crippen molar-refractivity contribution in [3.8, 4) is 0 Å². The average molecular weight is 216 g/mol. The highest BCUT2D eigenvalue weighted by atomic mass is 32.2. The van der Waals surface area contributed by atoms with E-state index in [0.29, 0.717) is 0 Å². The molecule has 72 valence electrons. The van der Waals surface area contributed by atoms with Gasteiger partial charge in [0.25, 0.3) is 10.1 Å². The number of hydrogen-bond donors (Lipinski definition) is 2. The van der Waals surface area contributed by atoms with Gasteiger partial charge >= 0.3 is 0 Å². The standard InChI is InChI=1S/C4H8O6S2/c5-3-1-11(6,7)2-4(3)12(8,9)10/h3-5H,1-2H2,(H,8,9,10)/t3-,4-/m0/s1. The van der Waals surface area contributed by atoms with Gasteiger partial charge in [-0.25, -0.2) is 8.42 Å². The van der Waals surface area contributed by atoms with Crippen LogP contribution in [0.1, 0.15) is 0 Å². The molecule has 6 nitrogen and oxygen atoms in total. The zero-order valence-electron chi connectivity index (χ0n) is 5.91. The Bertz CT molecular complexity index is 364. The fourth-order valence-corrected chi connectivity index (χ4v) is 4.62. The largest absolute Gasteiger partial charge is 0.391 e. The molecular formula is C4H8O6S2. The van der Waals surface area contributed by atoms with E-state index in [2.05, 4.69) is 0 Å². The summed E-state index contributed by atoms with van der Waals surface area (Å²) in [5, 5.41) is 7.36. The minimum absolute atomic E-state index is 0.600. The minimum Gasteiger partial charge on any atom is -0.391 e. The van der Waals surface area contributed by atoms with E-state index in [1.54, 1.807) is 0 Å². The van der Waals surface area contributed by atoms with Crippen LogP contribution in [0.2, 0.25) is 0 Å². The molecule has 2 atom stereocenters. The first kappa shape index (κ1) is 9.90. The second-order valence-electron chi connectivity index (χ2n) is 2.70. The van der Waals surface area contributed by atoms with Gasteiger partial charge in [-0.05, 0) is 0 Å². The maximum atomic E-state index is 10.8. The molecule has 0 saturated carbocycles. The highest BCUT2D eigenvalue weighted by molar-refractivity contribution is 7.94. The molecular weight excluding hydrogens is 208 g/mol. The summed E-state index contributed by atoms with van der Waals surface area (Å²) in [4.78, 5) is 0. The summed E-state index contributed by atoms with van der Waals surface area (Å²) in [6, 6.07) is 0. The van der Waals surface area contributed by atoms with Crippen LogP contribution < -0.4 is 0 Å². The Morgan fingerprint density at radius 2 is 1.75 bits per heavy atom. The van der Waals surface area contributed by atoms with E-state index in [1.165, 1.54) is 0 Å². The van der Waals surface area contributed by atoms with E-state index >= 15 is 0 Å². The van der Waals surface area contributed by atoms with Crippen molar-refractivity contribution in [2.24, 2.45) is 0 Å². The first-order valence-electron chi connectivity index (χ1n) is 3.07. The van der Waals surface area contributed by atoms with Crippen LogP contribution in [-0.4, -0.2) is 49.4 Å². The smallest absolute Gasteiger partial charge is 0.271 e. The third-order valence-corrected chi connectivity index (χ3v) is 4.83. The predicted molar refractivity (Wildman–Crippen MR) is 40.0 cm³/mol. The van der Waals surface area contributed by atoms with Crippen molar-refractivity contribution in [1.82, 2.24) is 0 Å². The van der Waals surface area contributed by atoms with Gasteiger partial charge < -0.3 is 5.11 Å². The first-order chi connectivity index (χ1) is 5.22. The second-order valence-corrected chi connectivity index (χ2v) is 6.49. The highest BCUT2D eigenvalue weighted by Gasteiger charge is 2.43. The zero-order chi connectivity index (χ0) is 9.57. The third kappa shape index (κ3) is 1.94. The molecule has 0 spiro atoms. The molecule has 0 bridgehead atoms. The van der Waals surface area contributed by atoms with E-state index in [0.717, 1.165) is 0 Å². The van der Waals surface area contributed by atoms with Crippen molar-refractivity contribution in [3.05, 3.63) is 0 Å². The molecule has 1 aliphatic rings. The predicted octanol–water partition coefficient (Wildman–Crippen LogP) is -1.97. The van der Waals surface area contributed by atoms with Gasteiger partial charge in [-0.3, -0.25) is 4.55 Å².